The van der Waals surface area contributed by atoms with Gasteiger partial charge in [-0.15, -0.1) is 0 Å². The third kappa shape index (κ3) is 5.95. The Hall–Kier alpha value is -2.49. The molecule has 0 heterocycles. The lowest BCUT2D eigenvalue weighted by atomic mass is 10.1. The van der Waals surface area contributed by atoms with Crippen molar-refractivity contribution in [2.45, 2.75) is 40.3 Å². The van der Waals surface area contributed by atoms with Crippen molar-refractivity contribution in [2.24, 2.45) is 0 Å². The monoisotopic (exact) mass is 326 g/mol. The number of ether oxygens (including phenoxy) is 1. The molecule has 0 fully saturated rings. The summed E-state index contributed by atoms with van der Waals surface area (Å²) in [7, 11) is 0. The quantitative estimate of drug-likeness (QED) is 0.813. The van der Waals surface area contributed by atoms with Gasteiger partial charge in [-0.1, -0.05) is 18.2 Å². The van der Waals surface area contributed by atoms with Crippen LogP contribution in [0.15, 0.2) is 42.5 Å². The lowest BCUT2D eigenvalue weighted by Crippen LogP contribution is -2.29. The Labute approximate surface area is 144 Å². The van der Waals surface area contributed by atoms with Gasteiger partial charge in [0.2, 0.25) is 5.91 Å². The van der Waals surface area contributed by atoms with E-state index in [0.29, 0.717) is 6.54 Å². The van der Waals surface area contributed by atoms with Crippen LogP contribution in [-0.2, 0) is 11.3 Å². The third-order valence-electron chi connectivity index (χ3n) is 3.46. The van der Waals surface area contributed by atoms with Gasteiger partial charge < -0.3 is 15.4 Å². The molecule has 4 nitrogen and oxygen atoms in total. The van der Waals surface area contributed by atoms with E-state index in [9.17, 15) is 4.79 Å². The van der Waals surface area contributed by atoms with E-state index in [4.69, 9.17) is 4.74 Å². The molecular formula is C20H26N2O2. The van der Waals surface area contributed by atoms with Gasteiger partial charge in [0.25, 0.3) is 0 Å². The molecule has 0 saturated carbocycles. The smallest absolute Gasteiger partial charge is 0.239 e. The highest BCUT2D eigenvalue weighted by Gasteiger charge is 2.03. The van der Waals surface area contributed by atoms with Crippen LogP contribution in [0.1, 0.15) is 30.5 Å². The van der Waals surface area contributed by atoms with Crippen molar-refractivity contribution in [3.63, 3.8) is 0 Å². The summed E-state index contributed by atoms with van der Waals surface area (Å²) in [6.45, 7) is 8.86. The maximum Gasteiger partial charge on any atom is 0.239 e. The molecule has 0 aromatic heterocycles. The molecule has 24 heavy (non-hydrogen) atoms. The number of hydrogen-bond donors (Lipinski definition) is 2. The Morgan fingerprint density at radius 2 is 1.67 bits per heavy atom. The second kappa shape index (κ2) is 8.39. The molecule has 2 aromatic rings. The van der Waals surface area contributed by atoms with Crippen LogP contribution in [0.25, 0.3) is 0 Å². The Balaban J connectivity index is 1.78. The summed E-state index contributed by atoms with van der Waals surface area (Å²) >= 11 is 0. The predicted octanol–water partition coefficient (Wildman–Crippen LogP) is 3.82. The lowest BCUT2D eigenvalue weighted by Gasteiger charge is -2.11. The zero-order valence-electron chi connectivity index (χ0n) is 14.8. The normalized spacial score (nSPS) is 10.5. The molecule has 2 aromatic carbocycles. The molecule has 0 radical (unpaired) electrons. The first-order valence-electron chi connectivity index (χ1n) is 8.27. The van der Waals surface area contributed by atoms with Crippen molar-refractivity contribution in [1.29, 1.82) is 0 Å². The average Bonchev–Trinajstić information content (AvgIpc) is 2.51. The van der Waals surface area contributed by atoms with Crippen LogP contribution in [-0.4, -0.2) is 18.6 Å². The number of amides is 1. The van der Waals surface area contributed by atoms with Crippen LogP contribution in [0.2, 0.25) is 0 Å². The van der Waals surface area contributed by atoms with Crippen molar-refractivity contribution in [2.75, 3.05) is 11.9 Å². The molecule has 1 amide bonds. The number of aryl methyl sites for hydroxylation is 2. The average molecular weight is 326 g/mol. The fourth-order valence-electron chi connectivity index (χ4n) is 2.48. The number of anilines is 1. The summed E-state index contributed by atoms with van der Waals surface area (Å²) in [4.78, 5) is 12.0. The maximum atomic E-state index is 12.0. The van der Waals surface area contributed by atoms with Gasteiger partial charge in [-0.3, -0.25) is 4.79 Å². The van der Waals surface area contributed by atoms with Gasteiger partial charge in [0.1, 0.15) is 5.75 Å². The van der Waals surface area contributed by atoms with Crippen LogP contribution in [0, 0.1) is 13.8 Å². The number of carbonyl (C=O) groups is 1. The first-order chi connectivity index (χ1) is 11.4. The van der Waals surface area contributed by atoms with E-state index in [2.05, 4.69) is 16.7 Å². The van der Waals surface area contributed by atoms with Gasteiger partial charge in [-0.25, -0.2) is 0 Å². The van der Waals surface area contributed by atoms with Crippen molar-refractivity contribution >= 4 is 11.6 Å². The number of rotatable bonds is 7. The van der Waals surface area contributed by atoms with Gasteiger partial charge in [0.15, 0.2) is 0 Å². The van der Waals surface area contributed by atoms with Crippen LogP contribution in [0.5, 0.6) is 5.75 Å². The summed E-state index contributed by atoms with van der Waals surface area (Å²) in [6.07, 6.45) is 0.159. The Bertz CT molecular complexity index is 658. The maximum absolute atomic E-state index is 12.0. The fraction of sp³-hybridized carbons (Fsp3) is 0.350. The molecular weight excluding hydrogens is 300 g/mol. The minimum atomic E-state index is -0.0309. The Kier molecular flexibility index (Phi) is 6.24. The highest BCUT2D eigenvalue weighted by atomic mass is 16.5. The van der Waals surface area contributed by atoms with E-state index in [-0.39, 0.29) is 18.6 Å². The highest BCUT2D eigenvalue weighted by molar-refractivity contribution is 5.80. The van der Waals surface area contributed by atoms with E-state index in [1.807, 2.05) is 64.1 Å². The molecule has 0 saturated heterocycles. The van der Waals surface area contributed by atoms with Crippen molar-refractivity contribution < 1.29 is 9.53 Å². The Morgan fingerprint density at radius 1 is 1.04 bits per heavy atom. The highest BCUT2D eigenvalue weighted by Crippen LogP contribution is 2.14. The summed E-state index contributed by atoms with van der Waals surface area (Å²) in [5, 5.41) is 6.08. The van der Waals surface area contributed by atoms with Crippen LogP contribution in [0.3, 0.4) is 0 Å². The van der Waals surface area contributed by atoms with Gasteiger partial charge >= 0.3 is 0 Å². The number of benzene rings is 2. The molecule has 0 aliphatic carbocycles. The number of carbonyl (C=O) groups excluding carboxylic acids is 1. The SMILES string of the molecule is Cc1cc(C)cc(NCC(=O)NCc2ccc(OC(C)C)cc2)c1. The first-order valence-corrected chi connectivity index (χ1v) is 8.27. The van der Waals surface area contributed by atoms with Gasteiger partial charge in [-0.05, 0) is 68.7 Å². The largest absolute Gasteiger partial charge is 0.491 e. The van der Waals surface area contributed by atoms with Gasteiger partial charge in [0, 0.05) is 12.2 Å². The minimum absolute atomic E-state index is 0.0309. The zero-order valence-corrected chi connectivity index (χ0v) is 14.8. The third-order valence-corrected chi connectivity index (χ3v) is 3.46. The summed E-state index contributed by atoms with van der Waals surface area (Å²) < 4.78 is 5.60. The van der Waals surface area contributed by atoms with E-state index < -0.39 is 0 Å². The fourth-order valence-corrected chi connectivity index (χ4v) is 2.48. The number of hydrogen-bond acceptors (Lipinski definition) is 3. The molecule has 2 N–H and O–H groups in total. The van der Waals surface area contributed by atoms with E-state index in [1.54, 1.807) is 0 Å². The van der Waals surface area contributed by atoms with Crippen LogP contribution < -0.4 is 15.4 Å². The number of nitrogens with one attached hydrogen (secondary N) is 2. The second-order valence-corrected chi connectivity index (χ2v) is 6.32. The summed E-state index contributed by atoms with van der Waals surface area (Å²) in [6, 6.07) is 14.0. The second-order valence-electron chi connectivity index (χ2n) is 6.32. The molecule has 0 spiro atoms. The molecule has 4 heteroatoms. The molecule has 128 valence electrons. The summed E-state index contributed by atoms with van der Waals surface area (Å²) in [5.74, 6) is 0.813. The van der Waals surface area contributed by atoms with Crippen molar-refractivity contribution in [3.8, 4) is 5.75 Å². The molecule has 0 bridgehead atoms. The van der Waals surface area contributed by atoms with Crippen molar-refractivity contribution in [3.05, 3.63) is 59.2 Å². The van der Waals surface area contributed by atoms with Crippen molar-refractivity contribution in [1.82, 2.24) is 5.32 Å². The van der Waals surface area contributed by atoms with Gasteiger partial charge in [-0.2, -0.15) is 0 Å². The topological polar surface area (TPSA) is 50.4 Å². The molecule has 0 unspecified atom stereocenters. The van der Waals surface area contributed by atoms with E-state index in [1.165, 1.54) is 11.1 Å². The first kappa shape index (κ1) is 17.9. The molecule has 0 atom stereocenters. The lowest BCUT2D eigenvalue weighted by molar-refractivity contribution is -0.119. The summed E-state index contributed by atoms with van der Waals surface area (Å²) in [5.41, 5.74) is 4.38. The Morgan fingerprint density at radius 3 is 2.25 bits per heavy atom. The zero-order chi connectivity index (χ0) is 17.5. The van der Waals surface area contributed by atoms with E-state index in [0.717, 1.165) is 17.0 Å². The molecule has 2 rings (SSSR count). The molecule has 0 aliphatic heterocycles. The predicted molar refractivity (Wildman–Crippen MR) is 98.5 cm³/mol. The van der Waals surface area contributed by atoms with Crippen LogP contribution in [0.4, 0.5) is 5.69 Å². The molecule has 0 aliphatic rings. The minimum Gasteiger partial charge on any atom is -0.491 e. The van der Waals surface area contributed by atoms with Crippen LogP contribution >= 0.6 is 0 Å². The standard InChI is InChI=1S/C20H26N2O2/c1-14(2)24-19-7-5-17(6-8-19)12-22-20(23)13-21-18-10-15(3)9-16(4)11-18/h5-11,14,21H,12-13H2,1-4H3,(H,22,23). The van der Waals surface area contributed by atoms with E-state index >= 15 is 0 Å². The van der Waals surface area contributed by atoms with Gasteiger partial charge in [0.05, 0.1) is 12.6 Å².